The van der Waals surface area contributed by atoms with Crippen molar-refractivity contribution in [1.82, 2.24) is 10.3 Å². The molecule has 4 heteroatoms. The van der Waals surface area contributed by atoms with Gasteiger partial charge in [-0.15, -0.1) is 0 Å². The smallest absolute Gasteiger partial charge is 0.255 e. The highest BCUT2D eigenvalue weighted by molar-refractivity contribution is 5.96. The second-order valence-corrected chi connectivity index (χ2v) is 3.62. The highest BCUT2D eigenvalue weighted by atomic mass is 16.3. The van der Waals surface area contributed by atoms with Crippen LogP contribution in [0, 0.1) is 5.92 Å². The number of amides is 1. The van der Waals surface area contributed by atoms with Gasteiger partial charge in [-0.05, 0) is 12.0 Å². The number of carbonyl (C=O) groups excluding carboxylic acids is 1. The maximum absolute atomic E-state index is 11.6. The molecule has 0 bridgehead atoms. The van der Waals surface area contributed by atoms with Gasteiger partial charge in [0.1, 0.15) is 5.75 Å². The van der Waals surface area contributed by atoms with Gasteiger partial charge in [0.05, 0.1) is 11.8 Å². The fourth-order valence-electron chi connectivity index (χ4n) is 1.08. The van der Waals surface area contributed by atoms with Crippen LogP contribution >= 0.6 is 0 Å². The molecule has 0 spiro atoms. The van der Waals surface area contributed by atoms with E-state index >= 15 is 0 Å². The van der Waals surface area contributed by atoms with Gasteiger partial charge >= 0.3 is 0 Å². The maximum Gasteiger partial charge on any atom is 0.255 e. The summed E-state index contributed by atoms with van der Waals surface area (Å²) < 4.78 is 0. The lowest BCUT2D eigenvalue weighted by Crippen LogP contribution is -2.28. The topological polar surface area (TPSA) is 62.2 Å². The van der Waals surface area contributed by atoms with E-state index in [1.54, 1.807) is 0 Å². The second-order valence-electron chi connectivity index (χ2n) is 3.62. The van der Waals surface area contributed by atoms with E-state index in [1.807, 2.05) is 0 Å². The monoisotopic (exact) mass is 208 g/mol. The van der Waals surface area contributed by atoms with E-state index in [9.17, 15) is 9.90 Å². The molecule has 1 aromatic rings. The summed E-state index contributed by atoms with van der Waals surface area (Å²) in [4.78, 5) is 15.3. The lowest BCUT2D eigenvalue weighted by molar-refractivity contribution is 0.0945. The van der Waals surface area contributed by atoms with Gasteiger partial charge in [-0.1, -0.05) is 20.3 Å². The predicted octanol–water partition coefficient (Wildman–Crippen LogP) is 1.56. The van der Waals surface area contributed by atoms with Crippen molar-refractivity contribution in [2.45, 2.75) is 20.3 Å². The fourth-order valence-corrected chi connectivity index (χ4v) is 1.08. The standard InChI is InChI=1S/C11H16N2O2/c1-3-8(2)6-13-11(15)9-4-5-12-7-10(9)14/h4-5,7-8,14H,3,6H2,1-2H3,(H,13,15). The van der Waals surface area contributed by atoms with Gasteiger partial charge in [0.25, 0.3) is 5.91 Å². The second kappa shape index (κ2) is 5.34. The molecule has 2 N–H and O–H groups in total. The minimum Gasteiger partial charge on any atom is -0.505 e. The number of carbonyl (C=O) groups is 1. The van der Waals surface area contributed by atoms with Gasteiger partial charge < -0.3 is 10.4 Å². The molecule has 1 heterocycles. The van der Waals surface area contributed by atoms with Crippen LogP contribution in [-0.2, 0) is 0 Å². The summed E-state index contributed by atoms with van der Waals surface area (Å²) in [6.45, 7) is 4.75. The first-order chi connectivity index (χ1) is 7.15. The molecule has 1 unspecified atom stereocenters. The number of aromatic hydroxyl groups is 1. The number of hydrogen-bond acceptors (Lipinski definition) is 3. The predicted molar refractivity (Wildman–Crippen MR) is 57.7 cm³/mol. The van der Waals surface area contributed by atoms with E-state index in [1.165, 1.54) is 18.5 Å². The molecule has 0 saturated carbocycles. The largest absolute Gasteiger partial charge is 0.505 e. The van der Waals surface area contributed by atoms with E-state index < -0.39 is 0 Å². The molecular formula is C11H16N2O2. The minimum atomic E-state index is -0.254. The minimum absolute atomic E-state index is 0.0841. The van der Waals surface area contributed by atoms with Crippen molar-refractivity contribution >= 4 is 5.91 Å². The molecule has 0 aromatic carbocycles. The van der Waals surface area contributed by atoms with E-state index in [0.717, 1.165) is 6.42 Å². The first kappa shape index (κ1) is 11.5. The van der Waals surface area contributed by atoms with Crippen LogP contribution in [0.3, 0.4) is 0 Å². The van der Waals surface area contributed by atoms with Crippen molar-refractivity contribution in [3.63, 3.8) is 0 Å². The van der Waals surface area contributed by atoms with Crippen LogP contribution in [0.15, 0.2) is 18.5 Å². The molecule has 0 aliphatic rings. The van der Waals surface area contributed by atoms with Crippen molar-refractivity contribution in [3.8, 4) is 5.75 Å². The summed E-state index contributed by atoms with van der Waals surface area (Å²) in [6.07, 6.45) is 3.76. The zero-order valence-electron chi connectivity index (χ0n) is 9.03. The average molecular weight is 208 g/mol. The van der Waals surface area contributed by atoms with E-state index in [0.29, 0.717) is 12.5 Å². The van der Waals surface area contributed by atoms with Crippen LogP contribution in [0.2, 0.25) is 0 Å². The highest BCUT2D eigenvalue weighted by Gasteiger charge is 2.10. The van der Waals surface area contributed by atoms with E-state index in [2.05, 4.69) is 24.1 Å². The Bertz CT molecular complexity index is 339. The Morgan fingerprint density at radius 1 is 1.67 bits per heavy atom. The third kappa shape index (κ3) is 3.23. The third-order valence-electron chi connectivity index (χ3n) is 2.35. The first-order valence-electron chi connectivity index (χ1n) is 5.06. The summed E-state index contributed by atoms with van der Waals surface area (Å²) in [7, 11) is 0. The average Bonchev–Trinajstić information content (AvgIpc) is 2.26. The number of pyridine rings is 1. The molecule has 0 aliphatic heterocycles. The lowest BCUT2D eigenvalue weighted by Gasteiger charge is -2.10. The molecule has 0 fully saturated rings. The van der Waals surface area contributed by atoms with Gasteiger partial charge in [-0.2, -0.15) is 0 Å². The normalized spacial score (nSPS) is 12.1. The Balaban J connectivity index is 2.58. The molecule has 82 valence electrons. The number of nitrogens with one attached hydrogen (secondary N) is 1. The Morgan fingerprint density at radius 3 is 3.00 bits per heavy atom. The summed E-state index contributed by atoms with van der Waals surface area (Å²) >= 11 is 0. The van der Waals surface area contributed by atoms with E-state index in [-0.39, 0.29) is 17.2 Å². The summed E-state index contributed by atoms with van der Waals surface area (Å²) in [5.41, 5.74) is 0.272. The van der Waals surface area contributed by atoms with Gasteiger partial charge in [0.2, 0.25) is 0 Å². The number of hydrogen-bond donors (Lipinski definition) is 2. The molecule has 0 aliphatic carbocycles. The van der Waals surface area contributed by atoms with Crippen molar-refractivity contribution in [3.05, 3.63) is 24.0 Å². The van der Waals surface area contributed by atoms with Crippen LogP contribution in [0.4, 0.5) is 0 Å². The maximum atomic E-state index is 11.6. The van der Waals surface area contributed by atoms with Crippen LogP contribution in [0.5, 0.6) is 5.75 Å². The van der Waals surface area contributed by atoms with Crippen LogP contribution < -0.4 is 5.32 Å². The van der Waals surface area contributed by atoms with Crippen molar-refractivity contribution in [2.24, 2.45) is 5.92 Å². The van der Waals surface area contributed by atoms with Crippen LogP contribution in [-0.4, -0.2) is 22.5 Å². The van der Waals surface area contributed by atoms with Gasteiger partial charge in [-0.3, -0.25) is 9.78 Å². The number of rotatable bonds is 4. The number of aromatic nitrogens is 1. The zero-order valence-corrected chi connectivity index (χ0v) is 9.03. The third-order valence-corrected chi connectivity index (χ3v) is 2.35. The fraction of sp³-hybridized carbons (Fsp3) is 0.455. The molecule has 1 aromatic heterocycles. The lowest BCUT2D eigenvalue weighted by atomic mass is 10.1. The molecule has 0 saturated heterocycles. The Kier molecular flexibility index (Phi) is 4.09. The van der Waals surface area contributed by atoms with Crippen molar-refractivity contribution in [1.29, 1.82) is 0 Å². The number of nitrogens with zero attached hydrogens (tertiary/aromatic N) is 1. The zero-order chi connectivity index (χ0) is 11.3. The quantitative estimate of drug-likeness (QED) is 0.789. The van der Waals surface area contributed by atoms with Gasteiger partial charge in [0, 0.05) is 12.7 Å². The SMILES string of the molecule is CCC(C)CNC(=O)c1ccncc1O. The Morgan fingerprint density at radius 2 is 2.40 bits per heavy atom. The van der Waals surface area contributed by atoms with Crippen molar-refractivity contribution < 1.29 is 9.90 Å². The Hall–Kier alpha value is -1.58. The summed E-state index contributed by atoms with van der Waals surface area (Å²) in [5.74, 6) is 0.104. The van der Waals surface area contributed by atoms with E-state index in [4.69, 9.17) is 0 Å². The Labute approximate surface area is 89.3 Å². The van der Waals surface area contributed by atoms with Crippen molar-refractivity contribution in [2.75, 3.05) is 6.54 Å². The van der Waals surface area contributed by atoms with Gasteiger partial charge in [0.15, 0.2) is 0 Å². The summed E-state index contributed by atoms with van der Waals surface area (Å²) in [5, 5.41) is 12.1. The molecule has 15 heavy (non-hydrogen) atoms. The van der Waals surface area contributed by atoms with Gasteiger partial charge in [-0.25, -0.2) is 0 Å². The van der Waals surface area contributed by atoms with Crippen LogP contribution in [0.1, 0.15) is 30.6 Å². The molecule has 0 radical (unpaired) electrons. The molecule has 1 amide bonds. The molecule has 1 atom stereocenters. The summed E-state index contributed by atoms with van der Waals surface area (Å²) in [6, 6.07) is 1.50. The first-order valence-corrected chi connectivity index (χ1v) is 5.06. The molecule has 1 rings (SSSR count). The highest BCUT2D eigenvalue weighted by Crippen LogP contribution is 2.13. The molecular weight excluding hydrogens is 192 g/mol. The van der Waals surface area contributed by atoms with Crippen LogP contribution in [0.25, 0.3) is 0 Å². The molecule has 4 nitrogen and oxygen atoms in total.